The van der Waals surface area contributed by atoms with Crippen molar-refractivity contribution in [2.75, 3.05) is 0 Å². The van der Waals surface area contributed by atoms with Gasteiger partial charge in [-0.2, -0.15) is 0 Å². The lowest BCUT2D eigenvalue weighted by Gasteiger charge is -2.30. The summed E-state index contributed by atoms with van der Waals surface area (Å²) in [7, 11) is 0. The zero-order valence-electron chi connectivity index (χ0n) is 17.2. The van der Waals surface area contributed by atoms with Crippen LogP contribution in [0.15, 0.2) is 48.5 Å². The Balaban J connectivity index is 1.77. The van der Waals surface area contributed by atoms with Gasteiger partial charge in [-0.3, -0.25) is 9.59 Å². The molecule has 1 aliphatic rings. The highest BCUT2D eigenvalue weighted by Gasteiger charge is 2.29. The largest absolute Gasteiger partial charge is 0.352 e. The Bertz CT molecular complexity index is 844. The summed E-state index contributed by atoms with van der Waals surface area (Å²) in [6, 6.07) is 13.6. The second kappa shape index (κ2) is 9.68. The van der Waals surface area contributed by atoms with Gasteiger partial charge in [0.1, 0.15) is 11.9 Å². The number of nitrogens with one attached hydrogen (secondary N) is 1. The Labute approximate surface area is 172 Å². The molecule has 0 spiro atoms. The molecule has 2 aromatic carbocycles. The number of carbonyl (C=O) groups excluding carboxylic acids is 2. The zero-order valence-corrected chi connectivity index (χ0v) is 17.2. The fraction of sp³-hybridized carbons (Fsp3) is 0.417. The van der Waals surface area contributed by atoms with E-state index in [0.717, 1.165) is 36.8 Å². The van der Waals surface area contributed by atoms with Gasteiger partial charge >= 0.3 is 0 Å². The highest BCUT2D eigenvalue weighted by atomic mass is 19.1. The second-order valence-electron chi connectivity index (χ2n) is 7.94. The van der Waals surface area contributed by atoms with Crippen LogP contribution in [-0.4, -0.2) is 28.8 Å². The van der Waals surface area contributed by atoms with Gasteiger partial charge in [0.25, 0.3) is 0 Å². The number of carbonyl (C=O) groups is 2. The van der Waals surface area contributed by atoms with Crippen LogP contribution < -0.4 is 5.32 Å². The van der Waals surface area contributed by atoms with Crippen LogP contribution in [-0.2, 0) is 22.6 Å². The summed E-state index contributed by atoms with van der Waals surface area (Å²) in [6.07, 6.45) is 4.36. The lowest BCUT2D eigenvalue weighted by atomic mass is 10.1. The van der Waals surface area contributed by atoms with Crippen LogP contribution in [0.1, 0.15) is 49.3 Å². The first-order chi connectivity index (χ1) is 13.9. The van der Waals surface area contributed by atoms with E-state index in [1.54, 1.807) is 25.1 Å². The summed E-state index contributed by atoms with van der Waals surface area (Å²) in [4.78, 5) is 27.4. The van der Waals surface area contributed by atoms with Crippen LogP contribution in [0.2, 0.25) is 0 Å². The van der Waals surface area contributed by atoms with E-state index in [-0.39, 0.29) is 36.6 Å². The third-order valence-corrected chi connectivity index (χ3v) is 5.64. The van der Waals surface area contributed by atoms with Crippen LogP contribution in [0.25, 0.3) is 0 Å². The average molecular weight is 397 g/mol. The quantitative estimate of drug-likeness (QED) is 0.764. The molecule has 0 heterocycles. The van der Waals surface area contributed by atoms with Gasteiger partial charge in [0.15, 0.2) is 0 Å². The van der Waals surface area contributed by atoms with E-state index >= 15 is 0 Å². The SMILES string of the molecule is Cc1ccc(CC(=O)N(Cc2ccccc2F)[C@@H](C)C(=O)NC2CCCC2)cc1. The van der Waals surface area contributed by atoms with Crippen molar-refractivity contribution in [3.8, 4) is 0 Å². The molecule has 2 amide bonds. The number of hydrogen-bond donors (Lipinski definition) is 1. The Hall–Kier alpha value is -2.69. The number of amides is 2. The summed E-state index contributed by atoms with van der Waals surface area (Å²) in [5, 5.41) is 3.06. The molecule has 29 heavy (non-hydrogen) atoms. The second-order valence-corrected chi connectivity index (χ2v) is 7.94. The minimum absolute atomic E-state index is 0.0661. The summed E-state index contributed by atoms with van der Waals surface area (Å²) in [6.45, 7) is 3.78. The number of rotatable bonds is 7. The van der Waals surface area contributed by atoms with Gasteiger partial charge in [0.2, 0.25) is 11.8 Å². The molecule has 3 rings (SSSR count). The summed E-state index contributed by atoms with van der Waals surface area (Å²) < 4.78 is 14.2. The maximum atomic E-state index is 14.2. The van der Waals surface area contributed by atoms with E-state index in [1.165, 1.54) is 11.0 Å². The molecule has 0 saturated heterocycles. The van der Waals surface area contributed by atoms with Crippen molar-refractivity contribution in [3.63, 3.8) is 0 Å². The van der Waals surface area contributed by atoms with Crippen molar-refractivity contribution in [2.45, 2.75) is 64.6 Å². The fourth-order valence-electron chi connectivity index (χ4n) is 3.77. The molecule has 1 atom stereocenters. The predicted molar refractivity (Wildman–Crippen MR) is 112 cm³/mol. The standard InChI is InChI=1S/C24H29FN2O2/c1-17-11-13-19(14-12-17)15-23(28)27(16-20-7-3-6-10-22(20)25)18(2)24(29)26-21-8-4-5-9-21/h3,6-7,10-14,18,21H,4-5,8-9,15-16H2,1-2H3,(H,26,29)/t18-/m0/s1. The van der Waals surface area contributed by atoms with Gasteiger partial charge in [0.05, 0.1) is 6.42 Å². The average Bonchev–Trinajstić information content (AvgIpc) is 3.21. The smallest absolute Gasteiger partial charge is 0.242 e. The van der Waals surface area contributed by atoms with Crippen molar-refractivity contribution in [2.24, 2.45) is 0 Å². The minimum Gasteiger partial charge on any atom is -0.352 e. The Morgan fingerprint density at radius 1 is 1.10 bits per heavy atom. The molecule has 0 bridgehead atoms. The molecule has 1 aliphatic carbocycles. The number of benzene rings is 2. The van der Waals surface area contributed by atoms with Crippen molar-refractivity contribution >= 4 is 11.8 Å². The monoisotopic (exact) mass is 396 g/mol. The maximum absolute atomic E-state index is 14.2. The van der Waals surface area contributed by atoms with E-state index in [2.05, 4.69) is 5.32 Å². The van der Waals surface area contributed by atoms with Crippen LogP contribution in [0.4, 0.5) is 4.39 Å². The molecule has 2 aromatic rings. The molecule has 1 N–H and O–H groups in total. The molecule has 5 heteroatoms. The molecule has 0 aromatic heterocycles. The Morgan fingerprint density at radius 3 is 2.41 bits per heavy atom. The van der Waals surface area contributed by atoms with E-state index < -0.39 is 6.04 Å². The van der Waals surface area contributed by atoms with Gasteiger partial charge in [-0.15, -0.1) is 0 Å². The molecule has 4 nitrogen and oxygen atoms in total. The highest BCUT2D eigenvalue weighted by Crippen LogP contribution is 2.19. The first kappa shape index (κ1) is 21.0. The molecular formula is C24H29FN2O2. The van der Waals surface area contributed by atoms with Crippen molar-refractivity contribution in [1.29, 1.82) is 0 Å². The topological polar surface area (TPSA) is 49.4 Å². The molecule has 1 saturated carbocycles. The highest BCUT2D eigenvalue weighted by molar-refractivity contribution is 5.88. The minimum atomic E-state index is -0.673. The molecule has 0 radical (unpaired) electrons. The van der Waals surface area contributed by atoms with Crippen LogP contribution >= 0.6 is 0 Å². The van der Waals surface area contributed by atoms with Gasteiger partial charge in [0, 0.05) is 18.2 Å². The van der Waals surface area contributed by atoms with Crippen LogP contribution in [0, 0.1) is 12.7 Å². The lowest BCUT2D eigenvalue weighted by Crippen LogP contribution is -2.50. The van der Waals surface area contributed by atoms with Crippen molar-refractivity contribution < 1.29 is 14.0 Å². The maximum Gasteiger partial charge on any atom is 0.242 e. The molecule has 1 fully saturated rings. The first-order valence-corrected chi connectivity index (χ1v) is 10.3. The number of nitrogens with zero attached hydrogens (tertiary/aromatic N) is 1. The Morgan fingerprint density at radius 2 is 1.76 bits per heavy atom. The van der Waals surface area contributed by atoms with Crippen molar-refractivity contribution in [1.82, 2.24) is 10.2 Å². The fourth-order valence-corrected chi connectivity index (χ4v) is 3.77. The molecule has 154 valence electrons. The van der Waals surface area contributed by atoms with Gasteiger partial charge < -0.3 is 10.2 Å². The van der Waals surface area contributed by atoms with Crippen LogP contribution in [0.3, 0.4) is 0 Å². The third kappa shape index (κ3) is 5.66. The lowest BCUT2D eigenvalue weighted by molar-refractivity contribution is -0.140. The van der Waals surface area contributed by atoms with E-state index in [0.29, 0.717) is 5.56 Å². The van der Waals surface area contributed by atoms with Gasteiger partial charge in [-0.1, -0.05) is 60.9 Å². The third-order valence-electron chi connectivity index (χ3n) is 5.64. The Kier molecular flexibility index (Phi) is 7.02. The number of aryl methyl sites for hydroxylation is 1. The van der Waals surface area contributed by atoms with Crippen molar-refractivity contribution in [3.05, 3.63) is 71.0 Å². The normalized spacial score (nSPS) is 15.1. The summed E-state index contributed by atoms with van der Waals surface area (Å²) in [5.41, 5.74) is 2.40. The van der Waals surface area contributed by atoms with Gasteiger partial charge in [-0.25, -0.2) is 4.39 Å². The summed E-state index contributed by atoms with van der Waals surface area (Å²) >= 11 is 0. The predicted octanol–water partition coefficient (Wildman–Crippen LogP) is 4.15. The number of hydrogen-bond acceptors (Lipinski definition) is 2. The van der Waals surface area contributed by atoms with E-state index in [1.807, 2.05) is 31.2 Å². The zero-order chi connectivity index (χ0) is 20.8. The molecule has 0 unspecified atom stereocenters. The molecule has 0 aliphatic heterocycles. The summed E-state index contributed by atoms with van der Waals surface area (Å²) in [5.74, 6) is -0.735. The van der Waals surface area contributed by atoms with Gasteiger partial charge in [-0.05, 0) is 38.3 Å². The van der Waals surface area contributed by atoms with Crippen LogP contribution in [0.5, 0.6) is 0 Å². The molecular weight excluding hydrogens is 367 g/mol. The number of halogens is 1. The van der Waals surface area contributed by atoms with E-state index in [4.69, 9.17) is 0 Å². The first-order valence-electron chi connectivity index (χ1n) is 10.3. The van der Waals surface area contributed by atoms with E-state index in [9.17, 15) is 14.0 Å².